The highest BCUT2D eigenvalue weighted by molar-refractivity contribution is 6.03. The molecule has 0 aliphatic rings. The van der Waals surface area contributed by atoms with E-state index in [4.69, 9.17) is 4.74 Å². The molecule has 2 N–H and O–H groups in total. The van der Waals surface area contributed by atoms with E-state index < -0.39 is 23.8 Å². The predicted molar refractivity (Wildman–Crippen MR) is 107 cm³/mol. The molecule has 1 heterocycles. The maximum absolute atomic E-state index is 13.8. The van der Waals surface area contributed by atoms with E-state index >= 15 is 0 Å². The van der Waals surface area contributed by atoms with Crippen LogP contribution in [0, 0.1) is 0 Å². The number of hydrogen-bond acceptors (Lipinski definition) is 3. The fourth-order valence-electron chi connectivity index (χ4n) is 2.82. The third kappa shape index (κ3) is 4.92. The van der Waals surface area contributed by atoms with Crippen LogP contribution >= 0.6 is 0 Å². The minimum atomic E-state index is -4.87. The summed E-state index contributed by atoms with van der Waals surface area (Å²) in [5, 5.41) is 4.92. The molecule has 0 bridgehead atoms. The smallest absolute Gasteiger partial charge is 0.497 e. The fraction of sp³-hybridized carbons (Fsp3) is 0.0952. The van der Waals surface area contributed by atoms with Crippen LogP contribution in [0.1, 0.15) is 10.5 Å². The number of methoxy groups -OCH3 is 1. The van der Waals surface area contributed by atoms with Gasteiger partial charge < -0.3 is 15.4 Å². The van der Waals surface area contributed by atoms with Gasteiger partial charge in [-0.15, -0.1) is 17.9 Å². The van der Waals surface area contributed by atoms with Crippen molar-refractivity contribution in [3.8, 4) is 11.4 Å². The molecule has 2 aromatic carbocycles. The topological polar surface area (TPSA) is 76.2 Å². The summed E-state index contributed by atoms with van der Waals surface area (Å²) in [4.78, 5) is 24.1. The zero-order valence-corrected chi connectivity index (χ0v) is 16.3. The molecule has 0 spiro atoms. The van der Waals surface area contributed by atoms with Crippen molar-refractivity contribution >= 4 is 23.2 Å². The van der Waals surface area contributed by atoms with Crippen molar-refractivity contribution in [3.63, 3.8) is 0 Å². The van der Waals surface area contributed by atoms with Crippen molar-refractivity contribution in [2.75, 3.05) is 17.7 Å². The number of ether oxygens (including phenoxy) is 1. The Morgan fingerprint density at radius 2 is 1.71 bits per heavy atom. The summed E-state index contributed by atoms with van der Waals surface area (Å²) < 4.78 is 47.2. The van der Waals surface area contributed by atoms with Crippen LogP contribution in [0.2, 0.25) is 0 Å². The Labute approximate surface area is 175 Å². The molecule has 0 saturated carbocycles. The molecule has 0 aliphatic carbocycles. The van der Waals surface area contributed by atoms with Crippen LogP contribution in [0.15, 0.2) is 73.4 Å². The van der Waals surface area contributed by atoms with E-state index in [2.05, 4.69) is 17.2 Å². The first-order chi connectivity index (χ1) is 14.7. The van der Waals surface area contributed by atoms with E-state index in [9.17, 15) is 22.8 Å². The van der Waals surface area contributed by atoms with Gasteiger partial charge in [0.2, 0.25) is 5.91 Å². The highest BCUT2D eigenvalue weighted by Gasteiger charge is 2.50. The molecule has 1 aromatic heterocycles. The Bertz CT molecular complexity index is 1120. The lowest BCUT2D eigenvalue weighted by molar-refractivity contribution is -0.906. The van der Waals surface area contributed by atoms with Crippen molar-refractivity contribution < 1.29 is 32.2 Å². The lowest BCUT2D eigenvalue weighted by atomic mass is 10.2. The van der Waals surface area contributed by atoms with Crippen molar-refractivity contribution in [2.45, 2.75) is 6.30 Å². The van der Waals surface area contributed by atoms with Crippen LogP contribution in [0.4, 0.5) is 24.5 Å². The number of rotatable bonds is 6. The Morgan fingerprint density at radius 3 is 2.29 bits per heavy atom. The van der Waals surface area contributed by atoms with Gasteiger partial charge in [0, 0.05) is 22.1 Å². The molecular formula is C21H18F3N4O3+. The monoisotopic (exact) mass is 431 g/mol. The minimum absolute atomic E-state index is 0.0620. The predicted octanol–water partition coefficient (Wildman–Crippen LogP) is 3.63. The fourth-order valence-corrected chi connectivity index (χ4v) is 2.82. The molecule has 0 radical (unpaired) electrons. The largest absolute Gasteiger partial charge is 0.661 e. The van der Waals surface area contributed by atoms with Crippen molar-refractivity contribution in [2.24, 2.45) is 0 Å². The molecule has 0 atom stereocenters. The van der Waals surface area contributed by atoms with E-state index in [1.54, 1.807) is 6.07 Å². The summed E-state index contributed by atoms with van der Waals surface area (Å²) in [6, 6.07) is 13.0. The van der Waals surface area contributed by atoms with Gasteiger partial charge in [-0.2, -0.15) is 0 Å². The molecule has 31 heavy (non-hydrogen) atoms. The molecule has 160 valence electrons. The quantitative estimate of drug-likeness (QED) is 0.462. The Balaban J connectivity index is 1.93. The Hall–Kier alpha value is -4.08. The maximum atomic E-state index is 13.8. The third-order valence-corrected chi connectivity index (χ3v) is 4.20. The Kier molecular flexibility index (Phi) is 6.10. The number of nitrogens with zero attached hydrogens (tertiary/aromatic N) is 2. The summed E-state index contributed by atoms with van der Waals surface area (Å²) in [6.45, 7) is 3.34. The van der Waals surface area contributed by atoms with Gasteiger partial charge in [-0.05, 0) is 48.5 Å². The second kappa shape index (κ2) is 8.74. The van der Waals surface area contributed by atoms with Crippen LogP contribution in [-0.4, -0.2) is 23.6 Å². The van der Waals surface area contributed by atoms with Gasteiger partial charge in [0.05, 0.1) is 13.3 Å². The van der Waals surface area contributed by atoms with Crippen LogP contribution in [0.25, 0.3) is 5.69 Å². The highest BCUT2D eigenvalue weighted by Crippen LogP contribution is 2.21. The number of alkyl halides is 3. The van der Waals surface area contributed by atoms with Crippen LogP contribution in [-0.2, 0) is 11.1 Å². The number of anilines is 2. The SMILES string of the molecule is C=CC(=O)Nc1cccc(NC(=O)c2ccn(-c3ccc(OC)cc3)[n+]2C(F)(F)F)c1. The van der Waals surface area contributed by atoms with E-state index in [1.807, 2.05) is 0 Å². The first-order valence-electron chi connectivity index (χ1n) is 8.93. The number of nitrogens with one attached hydrogen (secondary N) is 2. The summed E-state index contributed by atoms with van der Waals surface area (Å²) in [5.41, 5.74) is 0.121. The summed E-state index contributed by atoms with van der Waals surface area (Å²) in [5.74, 6) is -0.956. The number of carbonyl (C=O) groups is 2. The maximum Gasteiger partial charge on any atom is 0.661 e. The first-order valence-corrected chi connectivity index (χ1v) is 8.93. The van der Waals surface area contributed by atoms with E-state index in [0.29, 0.717) is 11.4 Å². The standard InChI is InChI=1S/C21H17F3N4O3/c1-3-19(29)25-14-5-4-6-15(13-14)26-20(30)18-11-12-27(28(18)21(22,23)24)16-7-9-17(31-2)10-8-16/h3-13H,1H2,2H3,(H-,25,26,29,30)/p+1. The lowest BCUT2D eigenvalue weighted by Gasteiger charge is -2.09. The summed E-state index contributed by atoms with van der Waals surface area (Å²) in [7, 11) is 1.45. The summed E-state index contributed by atoms with van der Waals surface area (Å²) in [6.07, 6.45) is -2.65. The molecule has 0 aliphatic heterocycles. The second-order valence-corrected chi connectivity index (χ2v) is 6.25. The molecule has 10 heteroatoms. The lowest BCUT2D eigenvalue weighted by Crippen LogP contribution is -2.57. The molecule has 7 nitrogen and oxygen atoms in total. The molecule has 0 unspecified atom stereocenters. The molecular weight excluding hydrogens is 413 g/mol. The number of carbonyl (C=O) groups excluding carboxylic acids is 2. The van der Waals surface area contributed by atoms with Crippen LogP contribution < -0.4 is 20.1 Å². The van der Waals surface area contributed by atoms with E-state index in [1.165, 1.54) is 49.6 Å². The van der Waals surface area contributed by atoms with Gasteiger partial charge in [0.1, 0.15) is 11.4 Å². The van der Waals surface area contributed by atoms with Crippen LogP contribution in [0.5, 0.6) is 5.75 Å². The molecule has 0 saturated heterocycles. The van der Waals surface area contributed by atoms with Gasteiger partial charge in [0.15, 0.2) is 0 Å². The number of aromatic nitrogens is 2. The number of benzene rings is 2. The zero-order valence-electron chi connectivity index (χ0n) is 16.3. The molecule has 3 rings (SSSR count). The van der Waals surface area contributed by atoms with Gasteiger partial charge in [0.25, 0.3) is 0 Å². The van der Waals surface area contributed by atoms with Gasteiger partial charge in [-0.1, -0.05) is 12.6 Å². The second-order valence-electron chi connectivity index (χ2n) is 6.25. The van der Waals surface area contributed by atoms with Gasteiger partial charge in [-0.3, -0.25) is 9.59 Å². The number of amides is 2. The van der Waals surface area contributed by atoms with Crippen LogP contribution in [0.3, 0.4) is 0 Å². The normalized spacial score (nSPS) is 11.0. The van der Waals surface area contributed by atoms with Crippen molar-refractivity contribution in [3.05, 3.63) is 79.1 Å². The molecule has 3 aromatic rings. The van der Waals surface area contributed by atoms with E-state index in [-0.39, 0.29) is 16.1 Å². The first kappa shape index (κ1) is 21.6. The molecule has 0 fully saturated rings. The minimum Gasteiger partial charge on any atom is -0.497 e. The summed E-state index contributed by atoms with van der Waals surface area (Å²) >= 11 is 0. The molecule has 2 amide bonds. The van der Waals surface area contributed by atoms with E-state index in [0.717, 1.165) is 23.0 Å². The average Bonchev–Trinajstić information content (AvgIpc) is 3.20. The third-order valence-electron chi connectivity index (χ3n) is 4.20. The van der Waals surface area contributed by atoms with Crippen molar-refractivity contribution in [1.29, 1.82) is 0 Å². The zero-order chi connectivity index (χ0) is 22.6. The number of halogens is 3. The number of hydrogen-bond donors (Lipinski definition) is 2. The highest BCUT2D eigenvalue weighted by atomic mass is 19.4. The van der Waals surface area contributed by atoms with Crippen molar-refractivity contribution in [1.82, 2.24) is 4.68 Å². The van der Waals surface area contributed by atoms with Gasteiger partial charge >= 0.3 is 17.9 Å². The Morgan fingerprint density at radius 1 is 1.06 bits per heavy atom. The van der Waals surface area contributed by atoms with Gasteiger partial charge in [-0.25, -0.2) is 0 Å². The average molecular weight is 431 g/mol.